The number of methoxy groups -OCH3 is 1. The minimum Gasteiger partial charge on any atom is -0.496 e. The fraction of sp³-hybridized carbons (Fsp3) is 0.400. The minimum atomic E-state index is -4.71. The zero-order valence-electron chi connectivity index (χ0n) is 15.6. The third-order valence-corrected chi connectivity index (χ3v) is 5.46. The summed E-state index contributed by atoms with van der Waals surface area (Å²) in [6.45, 7) is 3.15. The van der Waals surface area contributed by atoms with Crippen molar-refractivity contribution in [3.05, 3.63) is 63.4 Å². The summed E-state index contributed by atoms with van der Waals surface area (Å²) in [5.41, 5.74) is 2.81. The molecule has 8 heteroatoms. The third kappa shape index (κ3) is 4.91. The van der Waals surface area contributed by atoms with Gasteiger partial charge in [0.15, 0.2) is 0 Å². The van der Waals surface area contributed by atoms with Crippen LogP contribution in [0.2, 0.25) is 10.0 Å². The fourth-order valence-corrected chi connectivity index (χ4v) is 3.69. The number of hydrogen-bond acceptors (Lipinski definition) is 2. The highest BCUT2D eigenvalue weighted by Gasteiger charge is 2.54. The van der Waals surface area contributed by atoms with E-state index < -0.39 is 35.8 Å². The van der Waals surface area contributed by atoms with Crippen LogP contribution in [0.4, 0.5) is 17.6 Å². The van der Waals surface area contributed by atoms with Crippen LogP contribution in [-0.4, -0.2) is 18.8 Å². The first-order valence-electron chi connectivity index (χ1n) is 8.43. The van der Waals surface area contributed by atoms with Crippen LogP contribution >= 0.6 is 23.2 Å². The lowest BCUT2D eigenvalue weighted by Crippen LogP contribution is -2.58. The Balaban J connectivity index is 2.45. The Morgan fingerprint density at radius 3 is 2.18 bits per heavy atom. The zero-order chi connectivity index (χ0) is 21.3. The van der Waals surface area contributed by atoms with E-state index in [4.69, 9.17) is 33.7 Å². The van der Waals surface area contributed by atoms with E-state index in [0.29, 0.717) is 16.9 Å². The van der Waals surface area contributed by atoms with Crippen molar-refractivity contribution in [1.82, 2.24) is 0 Å². The molecule has 0 amide bonds. The molecule has 0 spiro atoms. The maximum Gasteiger partial charge on any atom is 0.406 e. The molecule has 0 aliphatic carbocycles. The number of ether oxygens (including phenoxy) is 1. The monoisotopic (exact) mass is 437 g/mol. The first kappa shape index (κ1) is 22.8. The van der Waals surface area contributed by atoms with Crippen LogP contribution < -0.4 is 10.5 Å². The van der Waals surface area contributed by atoms with E-state index in [1.165, 1.54) is 43.5 Å². The molecule has 1 atom stereocenters. The normalized spacial score (nSPS) is 14.6. The van der Waals surface area contributed by atoms with Gasteiger partial charge in [-0.15, -0.1) is 0 Å². The molecule has 1 unspecified atom stereocenters. The van der Waals surface area contributed by atoms with Gasteiger partial charge in [-0.25, -0.2) is 4.39 Å². The summed E-state index contributed by atoms with van der Waals surface area (Å²) in [6, 6.07) is 8.00. The van der Waals surface area contributed by atoms with Gasteiger partial charge in [0.05, 0.1) is 17.2 Å². The van der Waals surface area contributed by atoms with Gasteiger partial charge in [0.1, 0.15) is 17.1 Å². The van der Waals surface area contributed by atoms with Crippen LogP contribution in [0.5, 0.6) is 5.75 Å². The fourth-order valence-electron chi connectivity index (χ4n) is 3.37. The van der Waals surface area contributed by atoms with Crippen molar-refractivity contribution in [3.8, 4) is 5.75 Å². The van der Waals surface area contributed by atoms with Gasteiger partial charge in [-0.2, -0.15) is 13.2 Å². The van der Waals surface area contributed by atoms with Gasteiger partial charge in [-0.1, -0.05) is 43.1 Å². The number of rotatable bonds is 6. The maximum absolute atomic E-state index is 14.0. The Hall–Kier alpha value is -1.50. The van der Waals surface area contributed by atoms with Crippen molar-refractivity contribution >= 4 is 23.2 Å². The SMILES string of the molecule is COc1ccc(F)cc1C(C)(C)CC(N)(Cc1ccc(Cl)c(Cl)c1)C(F)(F)F. The highest BCUT2D eigenvalue weighted by molar-refractivity contribution is 6.42. The maximum atomic E-state index is 14.0. The highest BCUT2D eigenvalue weighted by atomic mass is 35.5. The molecule has 0 saturated carbocycles. The first-order valence-corrected chi connectivity index (χ1v) is 9.18. The second-order valence-corrected chi connectivity index (χ2v) is 8.30. The summed E-state index contributed by atoms with van der Waals surface area (Å²) in [7, 11) is 1.38. The van der Waals surface area contributed by atoms with E-state index in [1.807, 2.05) is 0 Å². The number of nitrogens with two attached hydrogens (primary N) is 1. The number of benzene rings is 2. The smallest absolute Gasteiger partial charge is 0.406 e. The lowest BCUT2D eigenvalue weighted by atomic mass is 9.71. The van der Waals surface area contributed by atoms with Gasteiger partial charge in [-0.3, -0.25) is 0 Å². The van der Waals surface area contributed by atoms with Crippen molar-refractivity contribution in [2.75, 3.05) is 7.11 Å². The Labute approximate surface area is 171 Å². The zero-order valence-corrected chi connectivity index (χ0v) is 17.1. The first-order chi connectivity index (χ1) is 12.8. The molecule has 0 saturated heterocycles. The average Bonchev–Trinajstić information content (AvgIpc) is 2.56. The van der Waals surface area contributed by atoms with E-state index in [-0.39, 0.29) is 10.0 Å². The molecule has 154 valence electrons. The molecular formula is C20H21Cl2F4NO. The lowest BCUT2D eigenvalue weighted by molar-refractivity contribution is -0.191. The molecule has 2 aromatic rings. The molecule has 2 rings (SSSR count). The predicted molar refractivity (Wildman–Crippen MR) is 104 cm³/mol. The third-order valence-electron chi connectivity index (χ3n) is 4.72. The number of halogens is 6. The van der Waals surface area contributed by atoms with E-state index in [2.05, 4.69) is 0 Å². The second kappa shape index (κ2) is 8.09. The van der Waals surface area contributed by atoms with E-state index >= 15 is 0 Å². The molecule has 0 aliphatic rings. The summed E-state index contributed by atoms with van der Waals surface area (Å²) >= 11 is 11.8. The van der Waals surface area contributed by atoms with Crippen molar-refractivity contribution in [2.24, 2.45) is 5.73 Å². The van der Waals surface area contributed by atoms with Crippen LogP contribution in [-0.2, 0) is 11.8 Å². The van der Waals surface area contributed by atoms with Crippen LogP contribution in [0, 0.1) is 5.82 Å². The van der Waals surface area contributed by atoms with Crippen molar-refractivity contribution < 1.29 is 22.3 Å². The largest absolute Gasteiger partial charge is 0.496 e. The van der Waals surface area contributed by atoms with E-state index in [0.717, 1.165) is 0 Å². The molecule has 2 aromatic carbocycles. The minimum absolute atomic E-state index is 0.148. The van der Waals surface area contributed by atoms with Crippen LogP contribution in [0.1, 0.15) is 31.4 Å². The standard InChI is InChI=1S/C20H21Cl2F4NO/c1-18(2,14-9-13(23)5-7-17(14)28-3)11-19(27,20(24,25)26)10-12-4-6-15(21)16(22)8-12/h4-9H,10-11,27H2,1-3H3. The molecule has 2 N–H and O–H groups in total. The van der Waals surface area contributed by atoms with Gasteiger partial charge in [0, 0.05) is 5.56 Å². The number of alkyl halides is 3. The Kier molecular flexibility index (Phi) is 6.58. The van der Waals surface area contributed by atoms with Crippen LogP contribution in [0.3, 0.4) is 0 Å². The van der Waals surface area contributed by atoms with Gasteiger partial charge < -0.3 is 10.5 Å². The second-order valence-electron chi connectivity index (χ2n) is 7.48. The van der Waals surface area contributed by atoms with Gasteiger partial charge >= 0.3 is 6.18 Å². The molecule has 0 radical (unpaired) electrons. The summed E-state index contributed by atoms with van der Waals surface area (Å²) in [4.78, 5) is 0. The van der Waals surface area contributed by atoms with Crippen molar-refractivity contribution in [2.45, 2.75) is 43.8 Å². The quantitative estimate of drug-likeness (QED) is 0.537. The highest BCUT2D eigenvalue weighted by Crippen LogP contribution is 2.44. The molecule has 0 aromatic heterocycles. The Morgan fingerprint density at radius 2 is 1.64 bits per heavy atom. The lowest BCUT2D eigenvalue weighted by Gasteiger charge is -2.39. The van der Waals surface area contributed by atoms with Gasteiger partial charge in [-0.05, 0) is 54.2 Å². The Morgan fingerprint density at radius 1 is 1.00 bits per heavy atom. The molecule has 0 fully saturated rings. The van der Waals surface area contributed by atoms with Gasteiger partial charge in [0.2, 0.25) is 0 Å². The molecule has 0 bridgehead atoms. The van der Waals surface area contributed by atoms with Crippen molar-refractivity contribution in [1.29, 1.82) is 0 Å². The molecule has 0 aliphatic heterocycles. The average molecular weight is 438 g/mol. The van der Waals surface area contributed by atoms with Crippen molar-refractivity contribution in [3.63, 3.8) is 0 Å². The van der Waals surface area contributed by atoms with E-state index in [9.17, 15) is 17.6 Å². The predicted octanol–water partition coefficient (Wildman–Crippen LogP) is 6.31. The molecular weight excluding hydrogens is 417 g/mol. The summed E-state index contributed by atoms with van der Waals surface area (Å²) < 4.78 is 61.0. The topological polar surface area (TPSA) is 35.2 Å². The van der Waals surface area contributed by atoms with Crippen LogP contribution in [0.25, 0.3) is 0 Å². The summed E-state index contributed by atoms with van der Waals surface area (Å²) in [5, 5.41) is 0.389. The molecule has 2 nitrogen and oxygen atoms in total. The summed E-state index contributed by atoms with van der Waals surface area (Å²) in [6.07, 6.45) is -5.71. The summed E-state index contributed by atoms with van der Waals surface area (Å²) in [5.74, 6) is -0.270. The van der Waals surface area contributed by atoms with Gasteiger partial charge in [0.25, 0.3) is 0 Å². The molecule has 0 heterocycles. The Bertz CT molecular complexity index is 855. The van der Waals surface area contributed by atoms with E-state index in [1.54, 1.807) is 13.8 Å². The molecule has 28 heavy (non-hydrogen) atoms. The number of hydrogen-bond donors (Lipinski definition) is 1. The van der Waals surface area contributed by atoms with Crippen LogP contribution in [0.15, 0.2) is 36.4 Å².